The molecule has 1 aliphatic rings. The molecule has 0 radical (unpaired) electrons. The van der Waals surface area contributed by atoms with Gasteiger partial charge >= 0.3 is 6.01 Å². The van der Waals surface area contributed by atoms with Crippen LogP contribution in [0.2, 0.25) is 0 Å². The zero-order valence-electron chi connectivity index (χ0n) is 9.13. The molecular weight excluding hydrogens is 210 g/mol. The summed E-state index contributed by atoms with van der Waals surface area (Å²) >= 11 is 0. The van der Waals surface area contributed by atoms with Crippen LogP contribution < -0.4 is 15.4 Å². The molecule has 0 aromatic carbocycles. The molecule has 1 aromatic heterocycles. The van der Waals surface area contributed by atoms with Gasteiger partial charge in [-0.2, -0.15) is 15.0 Å². The largest absolute Gasteiger partial charge is 0.464 e. The van der Waals surface area contributed by atoms with Crippen molar-refractivity contribution < 1.29 is 9.84 Å². The average molecular weight is 225 g/mol. The summed E-state index contributed by atoms with van der Waals surface area (Å²) in [5, 5.41) is 9.43. The highest BCUT2D eigenvalue weighted by molar-refractivity contribution is 5.37. The van der Waals surface area contributed by atoms with Crippen molar-refractivity contribution in [3.05, 3.63) is 0 Å². The van der Waals surface area contributed by atoms with Crippen LogP contribution in [0.5, 0.6) is 6.01 Å². The van der Waals surface area contributed by atoms with Gasteiger partial charge in [-0.1, -0.05) is 0 Å². The van der Waals surface area contributed by atoms with Crippen LogP contribution in [0.4, 0.5) is 11.9 Å². The fourth-order valence-electron chi connectivity index (χ4n) is 1.62. The van der Waals surface area contributed by atoms with E-state index in [1.165, 1.54) is 0 Å². The number of nitrogens with two attached hydrogens (primary N) is 1. The van der Waals surface area contributed by atoms with Gasteiger partial charge in [0.15, 0.2) is 0 Å². The Morgan fingerprint density at radius 3 is 2.94 bits per heavy atom. The van der Waals surface area contributed by atoms with E-state index in [1.54, 1.807) is 0 Å². The summed E-state index contributed by atoms with van der Waals surface area (Å²) in [4.78, 5) is 13.9. The first-order valence-electron chi connectivity index (χ1n) is 5.26. The summed E-state index contributed by atoms with van der Waals surface area (Å²) in [5.41, 5.74) is 5.56. The van der Waals surface area contributed by atoms with Gasteiger partial charge in [0.2, 0.25) is 11.9 Å². The molecule has 0 amide bonds. The quantitative estimate of drug-likeness (QED) is 0.710. The molecule has 7 heteroatoms. The number of nitrogen functional groups attached to an aromatic ring is 1. The molecule has 1 unspecified atom stereocenters. The van der Waals surface area contributed by atoms with Gasteiger partial charge in [-0.15, -0.1) is 0 Å². The number of rotatable bonds is 3. The lowest BCUT2D eigenvalue weighted by molar-refractivity contribution is 0.198. The van der Waals surface area contributed by atoms with E-state index in [0.29, 0.717) is 19.1 Å². The fourth-order valence-corrected chi connectivity index (χ4v) is 1.62. The Bertz CT molecular complexity index is 373. The van der Waals surface area contributed by atoms with Crippen LogP contribution in [0.25, 0.3) is 0 Å². The highest BCUT2D eigenvalue weighted by atomic mass is 16.5. The number of β-amino-alcohol motifs (C(OH)–C–C–N with tert-alkyl or cyclic N) is 1. The monoisotopic (exact) mass is 225 g/mol. The third-order valence-corrected chi connectivity index (χ3v) is 2.34. The van der Waals surface area contributed by atoms with Crippen molar-refractivity contribution in [2.75, 3.05) is 30.3 Å². The molecule has 1 aromatic rings. The van der Waals surface area contributed by atoms with E-state index in [1.807, 2.05) is 11.8 Å². The summed E-state index contributed by atoms with van der Waals surface area (Å²) in [7, 11) is 0. The molecule has 16 heavy (non-hydrogen) atoms. The van der Waals surface area contributed by atoms with E-state index < -0.39 is 0 Å². The van der Waals surface area contributed by atoms with Crippen LogP contribution in [0.15, 0.2) is 0 Å². The second kappa shape index (κ2) is 4.48. The Morgan fingerprint density at radius 1 is 1.50 bits per heavy atom. The highest BCUT2D eigenvalue weighted by Gasteiger charge is 2.23. The Morgan fingerprint density at radius 2 is 2.31 bits per heavy atom. The first kappa shape index (κ1) is 10.9. The molecule has 1 atom stereocenters. The van der Waals surface area contributed by atoms with Crippen LogP contribution in [-0.2, 0) is 0 Å². The van der Waals surface area contributed by atoms with Gasteiger partial charge in [0.05, 0.1) is 12.7 Å². The van der Waals surface area contributed by atoms with Crippen molar-refractivity contribution in [3.8, 4) is 6.01 Å². The summed E-state index contributed by atoms with van der Waals surface area (Å²) in [6, 6.07) is 0.228. The van der Waals surface area contributed by atoms with E-state index in [-0.39, 0.29) is 18.1 Å². The minimum Gasteiger partial charge on any atom is -0.464 e. The molecule has 1 fully saturated rings. The summed E-state index contributed by atoms with van der Waals surface area (Å²) < 4.78 is 5.18. The fraction of sp³-hybridized carbons (Fsp3) is 0.667. The van der Waals surface area contributed by atoms with Gasteiger partial charge in [-0.05, 0) is 13.3 Å². The van der Waals surface area contributed by atoms with Gasteiger partial charge in [-0.25, -0.2) is 0 Å². The van der Waals surface area contributed by atoms with Crippen LogP contribution >= 0.6 is 0 Å². The van der Waals surface area contributed by atoms with Crippen molar-refractivity contribution in [1.82, 2.24) is 15.0 Å². The second-order valence-corrected chi connectivity index (χ2v) is 3.60. The average Bonchev–Trinajstić information content (AvgIpc) is 2.64. The molecule has 0 aliphatic carbocycles. The Balaban J connectivity index is 2.20. The number of aliphatic hydroxyl groups excluding tert-OH is 1. The number of aromatic nitrogens is 3. The maximum Gasteiger partial charge on any atom is 0.323 e. The maximum atomic E-state index is 9.43. The summed E-state index contributed by atoms with van der Waals surface area (Å²) in [6.45, 7) is 3.57. The number of ether oxygens (including phenoxy) is 1. The summed E-state index contributed by atoms with van der Waals surface area (Å²) in [5.74, 6) is 0.599. The lowest BCUT2D eigenvalue weighted by Gasteiger charge is -2.15. The number of aliphatic hydroxyl groups is 1. The highest BCUT2D eigenvalue weighted by Crippen LogP contribution is 2.18. The van der Waals surface area contributed by atoms with E-state index in [4.69, 9.17) is 10.5 Å². The number of hydrogen-bond acceptors (Lipinski definition) is 7. The molecular formula is C9H15N5O2. The van der Waals surface area contributed by atoms with Crippen molar-refractivity contribution in [3.63, 3.8) is 0 Å². The molecule has 2 heterocycles. The van der Waals surface area contributed by atoms with Crippen LogP contribution in [0.1, 0.15) is 13.3 Å². The Labute approximate surface area is 93.3 Å². The number of anilines is 2. The Hall–Kier alpha value is -1.63. The van der Waals surface area contributed by atoms with E-state index in [0.717, 1.165) is 13.0 Å². The predicted molar refractivity (Wildman–Crippen MR) is 58.2 cm³/mol. The standard InChI is InChI=1S/C9H15N5O2/c1-2-16-9-12-7(10)11-8(13-9)14-4-3-6(15)5-14/h6,15H,2-5H2,1H3,(H2,10,11,12,13). The molecule has 0 saturated carbocycles. The number of hydrogen-bond donors (Lipinski definition) is 2. The van der Waals surface area contributed by atoms with Gasteiger partial charge < -0.3 is 20.5 Å². The van der Waals surface area contributed by atoms with Crippen LogP contribution in [0.3, 0.4) is 0 Å². The topological polar surface area (TPSA) is 97.4 Å². The molecule has 7 nitrogen and oxygen atoms in total. The van der Waals surface area contributed by atoms with E-state index in [9.17, 15) is 5.11 Å². The van der Waals surface area contributed by atoms with Crippen molar-refractivity contribution in [2.24, 2.45) is 0 Å². The molecule has 2 rings (SSSR count). The smallest absolute Gasteiger partial charge is 0.323 e. The van der Waals surface area contributed by atoms with Crippen LogP contribution in [0, 0.1) is 0 Å². The summed E-state index contributed by atoms with van der Waals surface area (Å²) in [6.07, 6.45) is 0.392. The van der Waals surface area contributed by atoms with Crippen molar-refractivity contribution in [1.29, 1.82) is 0 Å². The second-order valence-electron chi connectivity index (χ2n) is 3.60. The number of nitrogens with zero attached hydrogens (tertiary/aromatic N) is 4. The Kier molecular flexibility index (Phi) is 3.04. The van der Waals surface area contributed by atoms with Crippen molar-refractivity contribution >= 4 is 11.9 Å². The van der Waals surface area contributed by atoms with E-state index >= 15 is 0 Å². The SMILES string of the molecule is CCOc1nc(N)nc(N2CCC(O)C2)n1. The molecule has 0 bridgehead atoms. The van der Waals surface area contributed by atoms with E-state index in [2.05, 4.69) is 15.0 Å². The lowest BCUT2D eigenvalue weighted by atomic mass is 10.3. The third kappa shape index (κ3) is 2.30. The zero-order chi connectivity index (χ0) is 11.5. The minimum atomic E-state index is -0.325. The molecule has 0 spiro atoms. The van der Waals surface area contributed by atoms with Gasteiger partial charge in [0.25, 0.3) is 0 Å². The van der Waals surface area contributed by atoms with Gasteiger partial charge in [0, 0.05) is 13.1 Å². The molecule has 1 aliphatic heterocycles. The normalized spacial score (nSPS) is 20.1. The van der Waals surface area contributed by atoms with Gasteiger partial charge in [0.1, 0.15) is 0 Å². The zero-order valence-corrected chi connectivity index (χ0v) is 9.13. The molecule has 1 saturated heterocycles. The third-order valence-electron chi connectivity index (χ3n) is 2.34. The molecule has 88 valence electrons. The van der Waals surface area contributed by atoms with Crippen LogP contribution in [-0.4, -0.2) is 45.9 Å². The predicted octanol–water partition coefficient (Wildman–Crippen LogP) is -0.577. The maximum absolute atomic E-state index is 9.43. The molecule has 3 N–H and O–H groups in total. The van der Waals surface area contributed by atoms with Gasteiger partial charge in [-0.3, -0.25) is 0 Å². The first-order chi connectivity index (χ1) is 7.69. The van der Waals surface area contributed by atoms with Crippen molar-refractivity contribution in [2.45, 2.75) is 19.4 Å². The minimum absolute atomic E-state index is 0.134. The lowest BCUT2D eigenvalue weighted by Crippen LogP contribution is -2.24. The first-order valence-corrected chi connectivity index (χ1v) is 5.26.